The molecule has 1 aromatic heterocycles. The first-order valence-electron chi connectivity index (χ1n) is 5.34. The summed E-state index contributed by atoms with van der Waals surface area (Å²) < 4.78 is 5.86. The molecule has 0 bridgehead atoms. The first kappa shape index (κ1) is 13.7. The molecule has 106 valence electrons. The zero-order chi connectivity index (χ0) is 14.2. The highest BCUT2D eigenvalue weighted by atomic mass is 16.6. The SMILES string of the molecule is O=c1nc(NO)c(O)cn1[C@@H]1O[C@H](CO)[C@@H](O)[C@H]1O. The second-order valence-corrected chi connectivity index (χ2v) is 4.01. The third kappa shape index (κ3) is 2.27. The number of nitrogens with one attached hydrogen (secondary N) is 1. The molecule has 0 amide bonds. The molecule has 1 aliphatic heterocycles. The van der Waals surface area contributed by atoms with Crippen LogP contribution in [0.25, 0.3) is 0 Å². The summed E-state index contributed by atoms with van der Waals surface area (Å²) in [6.07, 6.45) is -4.31. The minimum Gasteiger partial charge on any atom is -0.503 e. The normalized spacial score (nSPS) is 30.5. The predicted octanol–water partition coefficient (Wildman–Crippen LogP) is -2.64. The number of aliphatic hydroxyl groups is 3. The number of hydrogen-bond acceptors (Lipinski definition) is 9. The summed E-state index contributed by atoms with van der Waals surface area (Å²) in [7, 11) is 0. The van der Waals surface area contributed by atoms with Gasteiger partial charge in [0, 0.05) is 0 Å². The molecular weight excluding hydrogens is 262 g/mol. The molecule has 2 rings (SSSR count). The summed E-state index contributed by atoms with van der Waals surface area (Å²) >= 11 is 0. The molecule has 6 N–H and O–H groups in total. The van der Waals surface area contributed by atoms with Crippen molar-refractivity contribution in [1.29, 1.82) is 0 Å². The topological polar surface area (TPSA) is 157 Å². The van der Waals surface area contributed by atoms with Gasteiger partial charge in [-0.15, -0.1) is 0 Å². The van der Waals surface area contributed by atoms with E-state index in [0.29, 0.717) is 0 Å². The zero-order valence-electron chi connectivity index (χ0n) is 9.54. The fraction of sp³-hybridized carbons (Fsp3) is 0.556. The quantitative estimate of drug-likeness (QED) is 0.324. The second kappa shape index (κ2) is 5.11. The van der Waals surface area contributed by atoms with E-state index in [9.17, 15) is 20.1 Å². The lowest BCUT2D eigenvalue weighted by Gasteiger charge is -2.17. The highest BCUT2D eigenvalue weighted by molar-refractivity contribution is 5.44. The zero-order valence-corrected chi connectivity index (χ0v) is 9.54. The van der Waals surface area contributed by atoms with Gasteiger partial charge in [-0.3, -0.25) is 9.77 Å². The van der Waals surface area contributed by atoms with Crippen LogP contribution in [0.2, 0.25) is 0 Å². The van der Waals surface area contributed by atoms with E-state index in [4.69, 9.17) is 15.1 Å². The van der Waals surface area contributed by atoms with Gasteiger partial charge in [0.05, 0.1) is 12.8 Å². The lowest BCUT2D eigenvalue weighted by molar-refractivity contribution is -0.0551. The molecule has 1 saturated heterocycles. The maximum atomic E-state index is 11.6. The van der Waals surface area contributed by atoms with Crippen molar-refractivity contribution in [2.24, 2.45) is 0 Å². The maximum Gasteiger partial charge on any atom is 0.352 e. The highest BCUT2D eigenvalue weighted by Gasteiger charge is 2.43. The van der Waals surface area contributed by atoms with E-state index in [-0.39, 0.29) is 0 Å². The first-order valence-corrected chi connectivity index (χ1v) is 5.34. The number of ether oxygens (including phenoxy) is 1. The molecule has 19 heavy (non-hydrogen) atoms. The number of aromatic nitrogens is 2. The summed E-state index contributed by atoms with van der Waals surface area (Å²) in [5, 5.41) is 46.3. The Morgan fingerprint density at radius 3 is 2.63 bits per heavy atom. The molecule has 1 aromatic rings. The van der Waals surface area contributed by atoms with Crippen molar-refractivity contribution in [3.05, 3.63) is 16.7 Å². The third-order valence-corrected chi connectivity index (χ3v) is 2.83. The number of hydrogen-bond donors (Lipinski definition) is 6. The fourth-order valence-electron chi connectivity index (χ4n) is 1.83. The minimum atomic E-state index is -1.47. The molecule has 10 nitrogen and oxygen atoms in total. The summed E-state index contributed by atoms with van der Waals surface area (Å²) in [5.74, 6) is -1.01. The van der Waals surface area contributed by atoms with Gasteiger partial charge in [0.25, 0.3) is 0 Å². The molecule has 2 heterocycles. The van der Waals surface area contributed by atoms with Crippen molar-refractivity contribution in [2.75, 3.05) is 12.1 Å². The smallest absolute Gasteiger partial charge is 0.352 e. The monoisotopic (exact) mass is 275 g/mol. The standard InChI is InChI=1S/C9H13N3O7/c13-2-4-5(15)6(16)8(19-4)12-1-3(14)7(11-18)10-9(12)17/h1,4-6,8,13-16,18H,2H2,(H,10,11,17)/t4-,5-,6-,8-/m1/s1. The van der Waals surface area contributed by atoms with Crippen LogP contribution in [0.3, 0.4) is 0 Å². The number of aromatic hydroxyl groups is 1. The van der Waals surface area contributed by atoms with Crippen LogP contribution in [0.1, 0.15) is 6.23 Å². The average Bonchev–Trinajstić information content (AvgIpc) is 2.68. The lowest BCUT2D eigenvalue weighted by atomic mass is 10.1. The molecule has 10 heteroatoms. The average molecular weight is 275 g/mol. The predicted molar refractivity (Wildman–Crippen MR) is 58.6 cm³/mol. The van der Waals surface area contributed by atoms with Crippen molar-refractivity contribution < 1.29 is 30.4 Å². The molecule has 0 aliphatic carbocycles. The van der Waals surface area contributed by atoms with E-state index in [2.05, 4.69) is 4.98 Å². The van der Waals surface area contributed by atoms with E-state index in [1.165, 1.54) is 5.48 Å². The number of anilines is 1. The molecule has 0 radical (unpaired) electrons. The van der Waals surface area contributed by atoms with Gasteiger partial charge in [-0.25, -0.2) is 10.3 Å². The number of rotatable bonds is 3. The Labute approximate surface area is 106 Å². The van der Waals surface area contributed by atoms with Crippen molar-refractivity contribution in [1.82, 2.24) is 9.55 Å². The molecule has 4 atom stereocenters. The molecule has 1 fully saturated rings. The Morgan fingerprint density at radius 1 is 1.42 bits per heavy atom. The highest BCUT2D eigenvalue weighted by Crippen LogP contribution is 2.29. The Bertz CT molecular complexity index is 519. The summed E-state index contributed by atoms with van der Waals surface area (Å²) in [5.41, 5.74) is 0.600. The molecule has 1 aliphatic rings. The molecule has 0 aromatic carbocycles. The number of nitrogens with zero attached hydrogens (tertiary/aromatic N) is 2. The van der Waals surface area contributed by atoms with Crippen molar-refractivity contribution in [2.45, 2.75) is 24.5 Å². The van der Waals surface area contributed by atoms with Gasteiger partial charge in [0.15, 0.2) is 17.8 Å². The van der Waals surface area contributed by atoms with Crippen LogP contribution >= 0.6 is 0 Å². The van der Waals surface area contributed by atoms with Gasteiger partial charge in [-0.1, -0.05) is 0 Å². The van der Waals surface area contributed by atoms with Gasteiger partial charge >= 0.3 is 5.69 Å². The van der Waals surface area contributed by atoms with Crippen LogP contribution in [-0.2, 0) is 4.74 Å². The Morgan fingerprint density at radius 2 is 2.11 bits per heavy atom. The second-order valence-electron chi connectivity index (χ2n) is 4.01. The molecule has 0 saturated carbocycles. The summed E-state index contributed by atoms with van der Waals surface area (Å²) in [4.78, 5) is 14.9. The Hall–Kier alpha value is -1.72. The van der Waals surface area contributed by atoms with Crippen molar-refractivity contribution in [3.8, 4) is 5.75 Å². The van der Waals surface area contributed by atoms with Crippen LogP contribution in [0.4, 0.5) is 5.82 Å². The maximum absolute atomic E-state index is 11.6. The van der Waals surface area contributed by atoms with Crippen LogP contribution < -0.4 is 11.2 Å². The Kier molecular flexibility index (Phi) is 3.68. The van der Waals surface area contributed by atoms with Crippen LogP contribution in [-0.4, -0.2) is 60.1 Å². The van der Waals surface area contributed by atoms with Crippen LogP contribution in [0.15, 0.2) is 11.0 Å². The van der Waals surface area contributed by atoms with Gasteiger partial charge in [-0.05, 0) is 0 Å². The first-order chi connectivity index (χ1) is 8.99. The van der Waals surface area contributed by atoms with Crippen LogP contribution in [0.5, 0.6) is 5.75 Å². The van der Waals surface area contributed by atoms with Crippen LogP contribution in [0, 0.1) is 0 Å². The van der Waals surface area contributed by atoms with E-state index >= 15 is 0 Å². The van der Waals surface area contributed by atoms with Gasteiger partial charge < -0.3 is 25.2 Å². The van der Waals surface area contributed by atoms with E-state index in [1.54, 1.807) is 0 Å². The van der Waals surface area contributed by atoms with E-state index in [1.807, 2.05) is 0 Å². The van der Waals surface area contributed by atoms with E-state index in [0.717, 1.165) is 10.8 Å². The fourth-order valence-corrected chi connectivity index (χ4v) is 1.83. The molecular formula is C9H13N3O7. The molecule has 0 spiro atoms. The van der Waals surface area contributed by atoms with Gasteiger partial charge in [0.2, 0.25) is 0 Å². The summed E-state index contributed by atoms with van der Waals surface area (Å²) in [6, 6.07) is 0. The van der Waals surface area contributed by atoms with Crippen molar-refractivity contribution in [3.63, 3.8) is 0 Å². The van der Waals surface area contributed by atoms with Gasteiger partial charge in [0.1, 0.15) is 18.3 Å². The number of aliphatic hydroxyl groups excluding tert-OH is 3. The van der Waals surface area contributed by atoms with Gasteiger partial charge in [-0.2, -0.15) is 4.98 Å². The largest absolute Gasteiger partial charge is 0.503 e. The lowest BCUT2D eigenvalue weighted by Crippen LogP contribution is -2.36. The van der Waals surface area contributed by atoms with Crippen molar-refractivity contribution >= 4 is 5.82 Å². The van der Waals surface area contributed by atoms with E-state index < -0.39 is 48.4 Å². The summed E-state index contributed by atoms with van der Waals surface area (Å²) in [6.45, 7) is -0.542. The third-order valence-electron chi connectivity index (χ3n) is 2.83. The minimum absolute atomic E-state index is 0.451. The molecule has 0 unspecified atom stereocenters. The Balaban J connectivity index is 2.38.